The Morgan fingerprint density at radius 1 is 1.42 bits per heavy atom. The van der Waals surface area contributed by atoms with Crippen LogP contribution in [0, 0.1) is 12.7 Å². The standard InChI is InChI=1S/C18H16ClFN2O4/c1-10-9-15(18(24)25-10)26-16(23)8-7-14-11(2)21-22(17(14)19)13-5-3-12(20)4-6-13/h3-8,10,15H,9H2,1-2H3/b8-7+/t10-,15+/m1/s1. The van der Waals surface area contributed by atoms with E-state index < -0.39 is 18.0 Å². The molecule has 0 N–H and O–H groups in total. The van der Waals surface area contributed by atoms with Crippen LogP contribution in [0.5, 0.6) is 0 Å². The van der Waals surface area contributed by atoms with Gasteiger partial charge in [0.05, 0.1) is 11.4 Å². The predicted octanol–water partition coefficient (Wildman–Crippen LogP) is 3.23. The Morgan fingerprint density at radius 3 is 2.73 bits per heavy atom. The summed E-state index contributed by atoms with van der Waals surface area (Å²) in [4.78, 5) is 23.4. The molecule has 0 spiro atoms. The van der Waals surface area contributed by atoms with Crippen LogP contribution in [-0.2, 0) is 19.1 Å². The number of aryl methyl sites for hydroxylation is 1. The first-order valence-electron chi connectivity index (χ1n) is 7.95. The molecule has 0 unspecified atom stereocenters. The molecule has 6 nitrogen and oxygen atoms in total. The maximum Gasteiger partial charge on any atom is 0.347 e. The van der Waals surface area contributed by atoms with Gasteiger partial charge in [-0.2, -0.15) is 5.10 Å². The van der Waals surface area contributed by atoms with Crippen LogP contribution >= 0.6 is 11.6 Å². The lowest BCUT2D eigenvalue weighted by Crippen LogP contribution is -2.21. The minimum Gasteiger partial charge on any atom is -0.460 e. The molecule has 2 atom stereocenters. The van der Waals surface area contributed by atoms with Gasteiger partial charge in [0, 0.05) is 18.1 Å². The van der Waals surface area contributed by atoms with Gasteiger partial charge in [-0.05, 0) is 44.2 Å². The van der Waals surface area contributed by atoms with E-state index in [4.69, 9.17) is 21.1 Å². The summed E-state index contributed by atoms with van der Waals surface area (Å²) < 4.78 is 24.5. The molecule has 1 aromatic heterocycles. The molecule has 1 fully saturated rings. The van der Waals surface area contributed by atoms with Gasteiger partial charge in [-0.1, -0.05) is 11.6 Å². The van der Waals surface area contributed by atoms with E-state index in [2.05, 4.69) is 5.10 Å². The zero-order valence-electron chi connectivity index (χ0n) is 14.1. The largest absolute Gasteiger partial charge is 0.460 e. The van der Waals surface area contributed by atoms with Crippen molar-refractivity contribution < 1.29 is 23.5 Å². The van der Waals surface area contributed by atoms with Crippen LogP contribution in [0.25, 0.3) is 11.8 Å². The van der Waals surface area contributed by atoms with Gasteiger partial charge in [-0.3, -0.25) is 0 Å². The lowest BCUT2D eigenvalue weighted by atomic mass is 10.2. The summed E-state index contributed by atoms with van der Waals surface area (Å²) in [6, 6.07) is 5.69. The highest BCUT2D eigenvalue weighted by atomic mass is 35.5. The van der Waals surface area contributed by atoms with E-state index in [-0.39, 0.29) is 17.1 Å². The van der Waals surface area contributed by atoms with Crippen molar-refractivity contribution in [3.63, 3.8) is 0 Å². The number of carbonyl (C=O) groups is 2. The molecule has 2 aromatic rings. The summed E-state index contributed by atoms with van der Waals surface area (Å²) in [7, 11) is 0. The Bertz CT molecular complexity index is 876. The monoisotopic (exact) mass is 378 g/mol. The molecule has 2 heterocycles. The second-order valence-electron chi connectivity index (χ2n) is 5.92. The Balaban J connectivity index is 1.75. The Labute approximate surface area is 154 Å². The Kier molecular flexibility index (Phi) is 5.08. The molecule has 8 heteroatoms. The molecule has 0 radical (unpaired) electrons. The third kappa shape index (κ3) is 3.77. The van der Waals surface area contributed by atoms with Crippen LogP contribution in [0.4, 0.5) is 4.39 Å². The summed E-state index contributed by atoms with van der Waals surface area (Å²) >= 11 is 6.33. The van der Waals surface area contributed by atoms with E-state index in [1.54, 1.807) is 26.0 Å². The highest BCUT2D eigenvalue weighted by Crippen LogP contribution is 2.25. The summed E-state index contributed by atoms with van der Waals surface area (Å²) in [5, 5.41) is 4.57. The number of esters is 2. The zero-order chi connectivity index (χ0) is 18.8. The fraction of sp³-hybridized carbons (Fsp3) is 0.278. The molecule has 0 amide bonds. The average Bonchev–Trinajstić information content (AvgIpc) is 3.05. The van der Waals surface area contributed by atoms with E-state index in [1.807, 2.05) is 0 Å². The van der Waals surface area contributed by atoms with Crippen LogP contribution in [0.15, 0.2) is 30.3 Å². The van der Waals surface area contributed by atoms with Gasteiger partial charge < -0.3 is 9.47 Å². The van der Waals surface area contributed by atoms with Gasteiger partial charge >= 0.3 is 11.9 Å². The summed E-state index contributed by atoms with van der Waals surface area (Å²) in [6.07, 6.45) is 1.83. The molecule has 1 aliphatic rings. The molecule has 1 saturated heterocycles. The van der Waals surface area contributed by atoms with E-state index in [0.717, 1.165) is 0 Å². The van der Waals surface area contributed by atoms with Crippen molar-refractivity contribution in [2.45, 2.75) is 32.5 Å². The van der Waals surface area contributed by atoms with E-state index in [1.165, 1.54) is 29.0 Å². The third-order valence-corrected chi connectivity index (χ3v) is 4.25. The summed E-state index contributed by atoms with van der Waals surface area (Å²) in [5.74, 6) is -1.58. The van der Waals surface area contributed by atoms with Gasteiger partial charge in [0.15, 0.2) is 0 Å². The molecule has 0 bridgehead atoms. The Morgan fingerprint density at radius 2 is 2.12 bits per heavy atom. The summed E-state index contributed by atoms with van der Waals surface area (Å²) in [6.45, 7) is 3.46. The quantitative estimate of drug-likeness (QED) is 0.603. The number of nitrogens with zero attached hydrogens (tertiary/aromatic N) is 2. The van der Waals surface area contributed by atoms with Gasteiger partial charge in [0.25, 0.3) is 0 Å². The summed E-state index contributed by atoms with van der Waals surface area (Å²) in [5.41, 5.74) is 1.69. The average molecular weight is 379 g/mol. The molecule has 0 aliphatic carbocycles. The fourth-order valence-corrected chi connectivity index (χ4v) is 2.94. The van der Waals surface area contributed by atoms with Gasteiger partial charge in [0.1, 0.15) is 17.1 Å². The Hall–Kier alpha value is -2.67. The molecule has 0 saturated carbocycles. The van der Waals surface area contributed by atoms with Crippen LogP contribution in [-0.4, -0.2) is 33.9 Å². The normalized spacial score (nSPS) is 19.8. The van der Waals surface area contributed by atoms with Crippen LogP contribution in [0.2, 0.25) is 5.15 Å². The van der Waals surface area contributed by atoms with Crippen LogP contribution in [0.3, 0.4) is 0 Å². The first-order valence-corrected chi connectivity index (χ1v) is 8.33. The number of rotatable bonds is 4. The lowest BCUT2D eigenvalue weighted by molar-refractivity contribution is -0.157. The number of halogens is 2. The molecular weight excluding hydrogens is 363 g/mol. The van der Waals surface area contributed by atoms with Crippen LogP contribution < -0.4 is 0 Å². The molecule has 3 rings (SSSR count). The SMILES string of the molecule is Cc1nn(-c2ccc(F)cc2)c(Cl)c1/C=C/C(=O)O[C@H]1C[C@@H](C)OC1=O. The van der Waals surface area contributed by atoms with Gasteiger partial charge in [-0.25, -0.2) is 18.7 Å². The molecule has 1 aliphatic heterocycles. The molecule has 136 valence electrons. The van der Waals surface area contributed by atoms with Crippen molar-refractivity contribution in [1.82, 2.24) is 9.78 Å². The maximum atomic E-state index is 13.1. The number of benzene rings is 1. The van der Waals surface area contributed by atoms with Crippen molar-refractivity contribution in [2.24, 2.45) is 0 Å². The maximum absolute atomic E-state index is 13.1. The highest BCUT2D eigenvalue weighted by molar-refractivity contribution is 6.31. The van der Waals surface area contributed by atoms with Gasteiger partial charge in [-0.15, -0.1) is 0 Å². The molecule has 26 heavy (non-hydrogen) atoms. The second kappa shape index (κ2) is 7.29. The number of hydrogen-bond donors (Lipinski definition) is 0. The van der Waals surface area contributed by atoms with Crippen molar-refractivity contribution in [2.75, 3.05) is 0 Å². The number of aromatic nitrogens is 2. The lowest BCUT2D eigenvalue weighted by Gasteiger charge is -2.05. The second-order valence-corrected chi connectivity index (χ2v) is 6.28. The topological polar surface area (TPSA) is 70.4 Å². The van der Waals surface area contributed by atoms with E-state index in [0.29, 0.717) is 23.4 Å². The minimum absolute atomic E-state index is 0.269. The van der Waals surface area contributed by atoms with E-state index >= 15 is 0 Å². The van der Waals surface area contributed by atoms with Gasteiger partial charge in [0.2, 0.25) is 6.10 Å². The van der Waals surface area contributed by atoms with Crippen molar-refractivity contribution in [3.05, 3.63) is 52.6 Å². The first-order chi connectivity index (χ1) is 12.3. The van der Waals surface area contributed by atoms with Crippen molar-refractivity contribution in [1.29, 1.82) is 0 Å². The molecule has 1 aromatic carbocycles. The smallest absolute Gasteiger partial charge is 0.347 e. The number of hydrogen-bond acceptors (Lipinski definition) is 5. The first kappa shape index (κ1) is 18.1. The highest BCUT2D eigenvalue weighted by Gasteiger charge is 2.34. The minimum atomic E-state index is -0.888. The number of carbonyl (C=O) groups excluding carboxylic acids is 2. The van der Waals surface area contributed by atoms with E-state index in [9.17, 15) is 14.0 Å². The number of cyclic esters (lactones) is 1. The van der Waals surface area contributed by atoms with Crippen molar-refractivity contribution >= 4 is 29.6 Å². The van der Waals surface area contributed by atoms with Crippen molar-refractivity contribution in [3.8, 4) is 5.69 Å². The number of ether oxygens (including phenoxy) is 2. The third-order valence-electron chi connectivity index (χ3n) is 3.89. The molecular formula is C18H16ClFN2O4. The van der Waals surface area contributed by atoms with Crippen LogP contribution in [0.1, 0.15) is 24.6 Å². The predicted molar refractivity (Wildman–Crippen MR) is 92.4 cm³/mol. The zero-order valence-corrected chi connectivity index (χ0v) is 14.9. The fourth-order valence-electron chi connectivity index (χ4n) is 2.60.